The molecule has 4 rings (SSSR count). The van der Waals surface area contributed by atoms with Crippen LogP contribution in [0.3, 0.4) is 0 Å². The second-order valence-electron chi connectivity index (χ2n) is 7.06. The molecule has 0 saturated heterocycles. The molecule has 0 bridgehead atoms. The van der Waals surface area contributed by atoms with Gasteiger partial charge in [-0.05, 0) is 42.4 Å². The van der Waals surface area contributed by atoms with Crippen LogP contribution in [0.25, 0.3) is 0 Å². The number of thiocarbonyl (C=S) groups is 1. The van der Waals surface area contributed by atoms with Gasteiger partial charge in [0, 0.05) is 28.0 Å². The highest BCUT2D eigenvalue weighted by Crippen LogP contribution is 2.25. The van der Waals surface area contributed by atoms with E-state index >= 15 is 0 Å². The van der Waals surface area contributed by atoms with Crippen LogP contribution in [0.15, 0.2) is 67.3 Å². The van der Waals surface area contributed by atoms with Crippen LogP contribution in [0.2, 0.25) is 10.0 Å². The van der Waals surface area contributed by atoms with Crippen molar-refractivity contribution < 1.29 is 0 Å². The van der Waals surface area contributed by atoms with Gasteiger partial charge in [-0.15, -0.1) is 0 Å². The molecule has 2 aromatic heterocycles. The van der Waals surface area contributed by atoms with Gasteiger partial charge in [0.1, 0.15) is 0 Å². The van der Waals surface area contributed by atoms with Gasteiger partial charge in [0.2, 0.25) is 0 Å². The quantitative estimate of drug-likeness (QED) is 0.359. The van der Waals surface area contributed by atoms with E-state index in [1.807, 2.05) is 47.4 Å². The molecule has 0 saturated carbocycles. The summed E-state index contributed by atoms with van der Waals surface area (Å²) in [7, 11) is 0. The number of benzene rings is 2. The van der Waals surface area contributed by atoms with Crippen molar-refractivity contribution in [3.05, 3.63) is 94.0 Å². The summed E-state index contributed by atoms with van der Waals surface area (Å²) in [6, 6.07) is 13.7. The van der Waals surface area contributed by atoms with Gasteiger partial charge in [-0.1, -0.05) is 53.5 Å². The summed E-state index contributed by atoms with van der Waals surface area (Å²) >= 11 is 17.9. The summed E-state index contributed by atoms with van der Waals surface area (Å²) in [5.41, 5.74) is 4.85. The molecule has 0 spiro atoms. The number of anilines is 2. The maximum atomic E-state index is 6.24. The minimum atomic E-state index is 0.450. The summed E-state index contributed by atoms with van der Waals surface area (Å²) in [5, 5.41) is 16.7. The molecule has 0 aliphatic rings. The number of aromatic nitrogens is 4. The van der Waals surface area contributed by atoms with Crippen LogP contribution in [-0.2, 0) is 13.1 Å². The molecule has 0 atom stereocenters. The molecule has 2 N–H and O–H groups in total. The Labute approximate surface area is 195 Å². The summed E-state index contributed by atoms with van der Waals surface area (Å²) in [6.07, 6.45) is 7.20. The third-order valence-corrected chi connectivity index (χ3v) is 5.67. The van der Waals surface area contributed by atoms with Gasteiger partial charge >= 0.3 is 0 Å². The van der Waals surface area contributed by atoms with Crippen LogP contribution in [0.5, 0.6) is 0 Å². The SMILES string of the molecule is Cc1ccccc1Cn1cc(NC(=S)Nc2cnn(Cc3c(Cl)cccc3Cl)c2)cn1. The van der Waals surface area contributed by atoms with Crippen molar-refractivity contribution >= 4 is 51.9 Å². The van der Waals surface area contributed by atoms with Crippen LogP contribution in [0.1, 0.15) is 16.7 Å². The second-order valence-corrected chi connectivity index (χ2v) is 8.28. The first-order valence-corrected chi connectivity index (χ1v) is 10.7. The monoisotopic (exact) mass is 470 g/mol. The van der Waals surface area contributed by atoms with E-state index in [0.717, 1.165) is 16.9 Å². The Morgan fingerprint density at radius 3 is 2.06 bits per heavy atom. The molecule has 0 aliphatic heterocycles. The topological polar surface area (TPSA) is 59.7 Å². The van der Waals surface area contributed by atoms with E-state index in [2.05, 4.69) is 39.9 Å². The van der Waals surface area contributed by atoms with Crippen LogP contribution >= 0.6 is 35.4 Å². The molecule has 2 aromatic carbocycles. The van der Waals surface area contributed by atoms with Crippen molar-refractivity contribution in [3.8, 4) is 0 Å². The normalized spacial score (nSPS) is 10.8. The summed E-state index contributed by atoms with van der Waals surface area (Å²) < 4.78 is 3.62. The Morgan fingerprint density at radius 2 is 1.45 bits per heavy atom. The molecule has 6 nitrogen and oxygen atoms in total. The minimum absolute atomic E-state index is 0.450. The first kappa shape index (κ1) is 21.4. The van der Waals surface area contributed by atoms with Crippen molar-refractivity contribution in [1.82, 2.24) is 19.6 Å². The standard InChI is InChI=1S/C22H20Cl2N6S/c1-15-5-2-3-6-16(15)11-29-12-17(9-25-29)27-22(31)28-18-10-26-30(13-18)14-19-20(23)7-4-8-21(19)24/h2-10,12-13H,11,14H2,1H3,(H2,27,28,31). The molecule has 2 heterocycles. The third kappa shape index (κ3) is 5.44. The Kier molecular flexibility index (Phi) is 6.56. The van der Waals surface area contributed by atoms with E-state index in [4.69, 9.17) is 35.4 Å². The maximum absolute atomic E-state index is 6.24. The molecule has 0 unspecified atom stereocenters. The number of rotatable bonds is 6. The van der Waals surface area contributed by atoms with Gasteiger partial charge in [0.05, 0.1) is 36.9 Å². The van der Waals surface area contributed by atoms with Crippen LogP contribution in [0.4, 0.5) is 11.4 Å². The fraction of sp³-hybridized carbons (Fsp3) is 0.136. The highest BCUT2D eigenvalue weighted by Gasteiger charge is 2.09. The van der Waals surface area contributed by atoms with E-state index in [1.165, 1.54) is 11.1 Å². The van der Waals surface area contributed by atoms with E-state index < -0.39 is 0 Å². The van der Waals surface area contributed by atoms with Crippen LogP contribution in [-0.4, -0.2) is 24.7 Å². The lowest BCUT2D eigenvalue weighted by Crippen LogP contribution is -2.18. The third-order valence-electron chi connectivity index (χ3n) is 4.76. The molecule has 31 heavy (non-hydrogen) atoms. The van der Waals surface area contributed by atoms with Gasteiger partial charge in [0.15, 0.2) is 5.11 Å². The molecule has 0 fully saturated rings. The first-order valence-electron chi connectivity index (χ1n) is 9.58. The number of hydrogen-bond acceptors (Lipinski definition) is 3. The highest BCUT2D eigenvalue weighted by molar-refractivity contribution is 7.80. The zero-order valence-corrected chi connectivity index (χ0v) is 19.0. The lowest BCUT2D eigenvalue weighted by atomic mass is 10.1. The summed E-state index contributed by atoms with van der Waals surface area (Å²) in [5.74, 6) is 0. The van der Waals surface area contributed by atoms with Crippen molar-refractivity contribution in [2.45, 2.75) is 20.0 Å². The zero-order chi connectivity index (χ0) is 21.8. The molecule has 9 heteroatoms. The van der Waals surface area contributed by atoms with Gasteiger partial charge in [-0.25, -0.2) is 0 Å². The van der Waals surface area contributed by atoms with Crippen LogP contribution < -0.4 is 10.6 Å². The number of nitrogens with one attached hydrogen (secondary N) is 2. The Balaban J connectivity index is 1.35. The smallest absolute Gasteiger partial charge is 0.175 e. The second kappa shape index (κ2) is 9.51. The molecule has 0 amide bonds. The van der Waals surface area contributed by atoms with Crippen molar-refractivity contribution in [1.29, 1.82) is 0 Å². The predicted molar refractivity (Wildman–Crippen MR) is 130 cm³/mol. The average Bonchev–Trinajstić information content (AvgIpc) is 3.36. The molecule has 0 aliphatic carbocycles. The van der Waals surface area contributed by atoms with Crippen molar-refractivity contribution in [2.75, 3.05) is 10.6 Å². The van der Waals surface area contributed by atoms with Crippen molar-refractivity contribution in [2.24, 2.45) is 0 Å². The maximum Gasteiger partial charge on any atom is 0.175 e. The van der Waals surface area contributed by atoms with Crippen LogP contribution in [0, 0.1) is 6.92 Å². The van der Waals surface area contributed by atoms with E-state index in [1.54, 1.807) is 17.1 Å². The zero-order valence-electron chi connectivity index (χ0n) is 16.7. The van der Waals surface area contributed by atoms with Gasteiger partial charge in [0.25, 0.3) is 0 Å². The van der Waals surface area contributed by atoms with Gasteiger partial charge < -0.3 is 10.6 Å². The van der Waals surface area contributed by atoms with Gasteiger partial charge in [-0.3, -0.25) is 9.36 Å². The number of halogens is 2. The molecule has 158 valence electrons. The lowest BCUT2D eigenvalue weighted by Gasteiger charge is -2.08. The molecule has 0 radical (unpaired) electrons. The van der Waals surface area contributed by atoms with Crippen molar-refractivity contribution in [3.63, 3.8) is 0 Å². The molecule has 4 aromatic rings. The number of aryl methyl sites for hydroxylation is 1. The average molecular weight is 471 g/mol. The lowest BCUT2D eigenvalue weighted by molar-refractivity contribution is 0.684. The summed E-state index contributed by atoms with van der Waals surface area (Å²) in [4.78, 5) is 0. The fourth-order valence-electron chi connectivity index (χ4n) is 3.13. The minimum Gasteiger partial charge on any atom is -0.330 e. The Hall–Kier alpha value is -2.87. The summed E-state index contributed by atoms with van der Waals surface area (Å²) in [6.45, 7) is 3.26. The number of hydrogen-bond donors (Lipinski definition) is 2. The molecular weight excluding hydrogens is 451 g/mol. The van der Waals surface area contributed by atoms with E-state index in [-0.39, 0.29) is 0 Å². The largest absolute Gasteiger partial charge is 0.330 e. The Bertz CT molecular complexity index is 1200. The van der Waals surface area contributed by atoms with Gasteiger partial charge in [-0.2, -0.15) is 10.2 Å². The van der Waals surface area contributed by atoms with E-state index in [0.29, 0.717) is 28.2 Å². The molecular formula is C22H20Cl2N6S. The first-order chi connectivity index (χ1) is 15.0. The fourth-order valence-corrected chi connectivity index (χ4v) is 3.88. The Morgan fingerprint density at radius 1 is 0.871 bits per heavy atom. The predicted octanol–water partition coefficient (Wildman–Crippen LogP) is 5.60. The highest BCUT2D eigenvalue weighted by atomic mass is 35.5. The number of nitrogens with zero attached hydrogens (tertiary/aromatic N) is 4. The van der Waals surface area contributed by atoms with E-state index in [9.17, 15) is 0 Å².